The van der Waals surface area contributed by atoms with Gasteiger partial charge in [-0.15, -0.1) is 0 Å². The highest BCUT2D eigenvalue weighted by Crippen LogP contribution is 2.10. The lowest BCUT2D eigenvalue weighted by Gasteiger charge is -2.25. The molecule has 158 valence electrons. The molecule has 0 spiro atoms. The molecule has 0 bridgehead atoms. The van der Waals surface area contributed by atoms with Crippen LogP contribution in [-0.2, 0) is 26.2 Å². The molecule has 2 rings (SSSR count). The third-order valence-electron chi connectivity index (χ3n) is 3.87. The first kappa shape index (κ1) is 22.6. The largest absolute Gasteiger partial charge is 0.467 e. The maximum absolute atomic E-state index is 12.7. The SMILES string of the molecule is Cc1ccc(S(=O)(=O)NCC(=O)N(CC(=O)NC(C)(C)C)Cc2ccco2)cc1. The molecule has 0 atom stereocenters. The van der Waals surface area contributed by atoms with Crippen molar-refractivity contribution in [2.45, 2.75) is 44.7 Å². The van der Waals surface area contributed by atoms with E-state index in [-0.39, 0.29) is 23.9 Å². The normalized spacial score (nSPS) is 11.9. The molecule has 1 aromatic heterocycles. The molecule has 0 unspecified atom stereocenters. The van der Waals surface area contributed by atoms with Crippen LogP contribution >= 0.6 is 0 Å². The van der Waals surface area contributed by atoms with E-state index in [0.29, 0.717) is 5.76 Å². The predicted molar refractivity (Wildman–Crippen MR) is 108 cm³/mol. The Bertz CT molecular complexity index is 929. The van der Waals surface area contributed by atoms with E-state index in [0.717, 1.165) is 5.56 Å². The summed E-state index contributed by atoms with van der Waals surface area (Å²) in [6.07, 6.45) is 1.47. The fourth-order valence-corrected chi connectivity index (χ4v) is 3.50. The lowest BCUT2D eigenvalue weighted by atomic mass is 10.1. The average molecular weight is 422 g/mol. The van der Waals surface area contributed by atoms with Gasteiger partial charge in [0.2, 0.25) is 21.8 Å². The number of carbonyl (C=O) groups is 2. The minimum Gasteiger partial charge on any atom is -0.467 e. The number of carbonyl (C=O) groups excluding carboxylic acids is 2. The first-order valence-corrected chi connectivity index (χ1v) is 10.6. The number of furan rings is 1. The topological polar surface area (TPSA) is 109 Å². The minimum atomic E-state index is -3.85. The van der Waals surface area contributed by atoms with Crippen LogP contribution in [0.4, 0.5) is 0 Å². The maximum Gasteiger partial charge on any atom is 0.241 e. The fourth-order valence-electron chi connectivity index (χ4n) is 2.52. The molecule has 29 heavy (non-hydrogen) atoms. The number of hydrogen-bond donors (Lipinski definition) is 2. The van der Waals surface area contributed by atoms with Crippen LogP contribution in [0.1, 0.15) is 32.1 Å². The molecule has 0 radical (unpaired) electrons. The van der Waals surface area contributed by atoms with Gasteiger partial charge in [-0.25, -0.2) is 13.1 Å². The lowest BCUT2D eigenvalue weighted by Crippen LogP contribution is -2.48. The Morgan fingerprint density at radius 2 is 1.76 bits per heavy atom. The number of nitrogens with zero attached hydrogens (tertiary/aromatic N) is 1. The number of amides is 2. The molecule has 0 fully saturated rings. The highest BCUT2D eigenvalue weighted by molar-refractivity contribution is 7.89. The number of nitrogens with one attached hydrogen (secondary N) is 2. The fraction of sp³-hybridized carbons (Fsp3) is 0.400. The summed E-state index contributed by atoms with van der Waals surface area (Å²) >= 11 is 0. The second kappa shape index (κ2) is 9.23. The third-order valence-corrected chi connectivity index (χ3v) is 5.29. The van der Waals surface area contributed by atoms with Gasteiger partial charge in [0.05, 0.1) is 24.2 Å². The second-order valence-electron chi connectivity index (χ2n) is 7.76. The predicted octanol–water partition coefficient (Wildman–Crippen LogP) is 1.81. The van der Waals surface area contributed by atoms with Crippen molar-refractivity contribution in [2.75, 3.05) is 13.1 Å². The van der Waals surface area contributed by atoms with Gasteiger partial charge in [-0.3, -0.25) is 9.59 Å². The van der Waals surface area contributed by atoms with Crippen molar-refractivity contribution >= 4 is 21.8 Å². The number of aryl methyl sites for hydroxylation is 1. The lowest BCUT2D eigenvalue weighted by molar-refractivity contribution is -0.136. The summed E-state index contributed by atoms with van der Waals surface area (Å²) in [6, 6.07) is 9.65. The van der Waals surface area contributed by atoms with Crippen molar-refractivity contribution in [1.82, 2.24) is 14.9 Å². The first-order valence-electron chi connectivity index (χ1n) is 9.14. The summed E-state index contributed by atoms with van der Waals surface area (Å²) < 4.78 is 32.4. The van der Waals surface area contributed by atoms with E-state index in [1.165, 1.54) is 23.3 Å². The number of hydrogen-bond acceptors (Lipinski definition) is 5. The second-order valence-corrected chi connectivity index (χ2v) is 9.53. The first-order chi connectivity index (χ1) is 13.5. The van der Waals surface area contributed by atoms with E-state index in [2.05, 4.69) is 10.0 Å². The quantitative estimate of drug-likeness (QED) is 0.676. The van der Waals surface area contributed by atoms with Crippen molar-refractivity contribution in [3.8, 4) is 0 Å². The van der Waals surface area contributed by atoms with Gasteiger partial charge in [-0.2, -0.15) is 0 Å². The molecule has 2 amide bonds. The Labute approximate surface area is 171 Å². The molecule has 9 heteroatoms. The monoisotopic (exact) mass is 421 g/mol. The standard InChI is InChI=1S/C20H27N3O5S/c1-15-7-9-17(10-8-15)29(26,27)21-12-19(25)23(13-16-6-5-11-28-16)14-18(24)22-20(2,3)4/h5-11,21H,12-14H2,1-4H3,(H,22,24). The van der Waals surface area contributed by atoms with Gasteiger partial charge in [0.1, 0.15) is 12.3 Å². The van der Waals surface area contributed by atoms with Gasteiger partial charge in [0, 0.05) is 5.54 Å². The summed E-state index contributed by atoms with van der Waals surface area (Å²) in [4.78, 5) is 26.3. The van der Waals surface area contributed by atoms with Crippen LogP contribution < -0.4 is 10.0 Å². The Balaban J connectivity index is 2.07. The van der Waals surface area contributed by atoms with Crippen LogP contribution in [0.5, 0.6) is 0 Å². The van der Waals surface area contributed by atoms with Crippen molar-refractivity contribution in [2.24, 2.45) is 0 Å². The summed E-state index contributed by atoms with van der Waals surface area (Å²) in [7, 11) is -3.85. The van der Waals surface area contributed by atoms with Crippen LogP contribution in [0.2, 0.25) is 0 Å². The van der Waals surface area contributed by atoms with Crippen LogP contribution in [0.25, 0.3) is 0 Å². The Kier molecular flexibility index (Phi) is 7.21. The number of sulfonamides is 1. The molecule has 2 aromatic rings. The molecule has 0 aliphatic carbocycles. The minimum absolute atomic E-state index is 0.0512. The summed E-state index contributed by atoms with van der Waals surface area (Å²) in [6.45, 7) is 6.71. The average Bonchev–Trinajstić information content (AvgIpc) is 3.11. The summed E-state index contributed by atoms with van der Waals surface area (Å²) in [5.74, 6) is -0.400. The molecular formula is C20H27N3O5S. The zero-order valence-electron chi connectivity index (χ0n) is 17.1. The van der Waals surface area contributed by atoms with Crippen LogP contribution in [0, 0.1) is 6.92 Å². The van der Waals surface area contributed by atoms with E-state index in [4.69, 9.17) is 4.42 Å². The number of benzene rings is 1. The molecule has 8 nitrogen and oxygen atoms in total. The molecular weight excluding hydrogens is 394 g/mol. The van der Waals surface area contributed by atoms with Crippen LogP contribution in [0.15, 0.2) is 52.0 Å². The zero-order valence-corrected chi connectivity index (χ0v) is 17.9. The zero-order chi connectivity index (χ0) is 21.7. The highest BCUT2D eigenvalue weighted by Gasteiger charge is 2.23. The highest BCUT2D eigenvalue weighted by atomic mass is 32.2. The van der Waals surface area contributed by atoms with E-state index >= 15 is 0 Å². The van der Waals surface area contributed by atoms with Gasteiger partial charge in [0.15, 0.2) is 0 Å². The Hall–Kier alpha value is -2.65. The molecule has 1 aromatic carbocycles. The van der Waals surface area contributed by atoms with Crippen LogP contribution in [0.3, 0.4) is 0 Å². The van der Waals surface area contributed by atoms with E-state index in [9.17, 15) is 18.0 Å². The number of rotatable bonds is 8. The molecule has 0 saturated heterocycles. The van der Waals surface area contributed by atoms with Gasteiger partial charge in [-0.05, 0) is 52.0 Å². The van der Waals surface area contributed by atoms with Crippen molar-refractivity contribution in [3.63, 3.8) is 0 Å². The third kappa shape index (κ3) is 7.35. The summed E-state index contributed by atoms with van der Waals surface area (Å²) in [5, 5.41) is 2.79. The Morgan fingerprint density at radius 3 is 2.31 bits per heavy atom. The van der Waals surface area contributed by atoms with Crippen molar-refractivity contribution in [3.05, 3.63) is 54.0 Å². The smallest absolute Gasteiger partial charge is 0.241 e. The van der Waals surface area contributed by atoms with E-state index in [1.807, 2.05) is 27.7 Å². The van der Waals surface area contributed by atoms with Gasteiger partial charge >= 0.3 is 0 Å². The molecule has 0 aliphatic rings. The molecule has 0 aliphatic heterocycles. The van der Waals surface area contributed by atoms with Gasteiger partial charge < -0.3 is 14.6 Å². The van der Waals surface area contributed by atoms with E-state index < -0.39 is 28.0 Å². The van der Waals surface area contributed by atoms with Crippen LogP contribution in [-0.4, -0.2) is 43.8 Å². The van der Waals surface area contributed by atoms with Crippen molar-refractivity contribution < 1.29 is 22.4 Å². The summed E-state index contributed by atoms with van der Waals surface area (Å²) in [5.41, 5.74) is 0.471. The van der Waals surface area contributed by atoms with E-state index in [1.54, 1.807) is 24.3 Å². The molecule has 0 saturated carbocycles. The van der Waals surface area contributed by atoms with Crippen molar-refractivity contribution in [1.29, 1.82) is 0 Å². The molecule has 1 heterocycles. The maximum atomic E-state index is 12.7. The molecule has 2 N–H and O–H groups in total. The van der Waals surface area contributed by atoms with Gasteiger partial charge in [0.25, 0.3) is 0 Å². The van der Waals surface area contributed by atoms with Gasteiger partial charge in [-0.1, -0.05) is 17.7 Å². The Morgan fingerprint density at radius 1 is 1.10 bits per heavy atom.